The van der Waals surface area contributed by atoms with Crippen LogP contribution in [0.25, 0.3) is 0 Å². The number of aliphatic hydroxyl groups is 1. The SMILES string of the molecule is CCOP(=O)(OCC)C(O)[C@H](CCC(=O)N(CC)CCc1ccccc1)NC(=O)[C@H](CC1CCCCC1)OC(N)=O. The maximum atomic E-state index is 13.4. The van der Waals surface area contributed by atoms with Crippen molar-refractivity contribution in [2.24, 2.45) is 11.7 Å². The van der Waals surface area contributed by atoms with Crippen molar-refractivity contribution in [1.29, 1.82) is 0 Å². The molecule has 3 amide bonds. The predicted octanol–water partition coefficient (Wildman–Crippen LogP) is 4.36. The van der Waals surface area contributed by atoms with Crippen LogP contribution in [0.4, 0.5) is 4.79 Å². The monoisotopic (exact) mass is 597 g/mol. The number of aliphatic hydroxyl groups excluding tert-OH is 1. The molecular formula is C29H48N3O8P. The van der Waals surface area contributed by atoms with E-state index in [2.05, 4.69) is 5.32 Å². The number of carbonyl (C=O) groups excluding carboxylic acids is 3. The summed E-state index contributed by atoms with van der Waals surface area (Å²) in [6, 6.07) is 8.65. The Morgan fingerprint density at radius 1 is 1.07 bits per heavy atom. The second-order valence-corrected chi connectivity index (χ2v) is 12.4. The second-order valence-electron chi connectivity index (χ2n) is 10.3. The van der Waals surface area contributed by atoms with Crippen molar-refractivity contribution < 1.29 is 37.8 Å². The van der Waals surface area contributed by atoms with Crippen LogP contribution in [0.1, 0.15) is 77.7 Å². The molecule has 11 nitrogen and oxygen atoms in total. The first-order chi connectivity index (χ1) is 19.6. The lowest BCUT2D eigenvalue weighted by molar-refractivity contribution is -0.133. The Morgan fingerprint density at radius 2 is 1.71 bits per heavy atom. The first-order valence-corrected chi connectivity index (χ1v) is 16.4. The molecule has 4 N–H and O–H groups in total. The average molecular weight is 598 g/mol. The fourth-order valence-electron chi connectivity index (χ4n) is 5.22. The number of nitrogens with one attached hydrogen (secondary N) is 1. The Labute approximate surface area is 244 Å². The zero-order chi connectivity index (χ0) is 30.3. The van der Waals surface area contributed by atoms with E-state index in [1.807, 2.05) is 37.3 Å². The van der Waals surface area contributed by atoms with Crippen molar-refractivity contribution in [2.75, 3.05) is 26.3 Å². The number of ether oxygens (including phenoxy) is 1. The molecule has 0 saturated heterocycles. The third-order valence-electron chi connectivity index (χ3n) is 7.37. The molecule has 0 bridgehead atoms. The van der Waals surface area contributed by atoms with Crippen LogP contribution in [0.15, 0.2) is 30.3 Å². The predicted molar refractivity (Wildman–Crippen MR) is 156 cm³/mol. The van der Waals surface area contributed by atoms with E-state index in [1.165, 1.54) is 0 Å². The molecule has 0 aromatic heterocycles. The summed E-state index contributed by atoms with van der Waals surface area (Å²) in [6.45, 7) is 6.11. The normalized spacial score (nSPS) is 16.4. The number of nitrogens with zero attached hydrogens (tertiary/aromatic N) is 1. The lowest BCUT2D eigenvalue weighted by Gasteiger charge is -2.31. The van der Waals surface area contributed by atoms with Gasteiger partial charge in [-0.2, -0.15) is 0 Å². The second kappa shape index (κ2) is 18.2. The van der Waals surface area contributed by atoms with Crippen molar-refractivity contribution in [3.05, 3.63) is 35.9 Å². The number of benzene rings is 1. The van der Waals surface area contributed by atoms with E-state index in [-0.39, 0.29) is 44.3 Å². The standard InChI is InChI=1S/C29H48N3O8P/c1-4-32(20-19-22-13-9-7-10-14-22)26(33)18-17-24(28(35)41(37,38-5-2)39-6-3)31-27(34)25(40-29(30)36)21-23-15-11-8-12-16-23/h7,9-10,13-14,23-25,28,35H,4-6,8,11-12,15-21H2,1-3H3,(H2,30,36)(H,31,34)/t24-,25-,28?/m0/s1. The molecule has 12 heteroatoms. The van der Waals surface area contributed by atoms with Crippen molar-refractivity contribution in [2.45, 2.75) is 96.5 Å². The van der Waals surface area contributed by atoms with Gasteiger partial charge in [-0.15, -0.1) is 0 Å². The molecule has 0 heterocycles. The molecule has 1 aromatic carbocycles. The molecule has 1 fully saturated rings. The summed E-state index contributed by atoms with van der Waals surface area (Å²) in [5.74, 6) is -2.42. The minimum atomic E-state index is -4.08. The van der Waals surface area contributed by atoms with E-state index < -0.39 is 37.6 Å². The van der Waals surface area contributed by atoms with Gasteiger partial charge in [0.15, 0.2) is 11.9 Å². The molecular weight excluding hydrogens is 549 g/mol. The number of rotatable bonds is 18. The minimum Gasteiger partial charge on any atom is -0.436 e. The van der Waals surface area contributed by atoms with E-state index >= 15 is 0 Å². The van der Waals surface area contributed by atoms with Gasteiger partial charge in [-0.25, -0.2) is 4.79 Å². The molecule has 1 aromatic rings. The largest absolute Gasteiger partial charge is 0.436 e. The van der Waals surface area contributed by atoms with E-state index in [1.54, 1.807) is 18.7 Å². The lowest BCUT2D eigenvalue weighted by atomic mass is 9.85. The fourth-order valence-corrected chi connectivity index (χ4v) is 6.99. The zero-order valence-electron chi connectivity index (χ0n) is 24.7. The smallest absolute Gasteiger partial charge is 0.405 e. The number of hydrogen-bond donors (Lipinski definition) is 3. The van der Waals surface area contributed by atoms with E-state index in [0.717, 1.165) is 37.7 Å². The number of amides is 3. The number of primary amides is 1. The molecule has 0 aliphatic heterocycles. The van der Waals surface area contributed by atoms with E-state index in [0.29, 0.717) is 19.5 Å². The topological polar surface area (TPSA) is 157 Å². The van der Waals surface area contributed by atoms with Crippen molar-refractivity contribution in [1.82, 2.24) is 10.2 Å². The summed E-state index contributed by atoms with van der Waals surface area (Å²) >= 11 is 0. The summed E-state index contributed by atoms with van der Waals surface area (Å²) in [5.41, 5.74) is 6.37. The quantitative estimate of drug-likeness (QED) is 0.211. The highest BCUT2D eigenvalue weighted by atomic mass is 31.2. The first-order valence-electron chi connectivity index (χ1n) is 14.8. The Bertz CT molecular complexity index is 980. The Morgan fingerprint density at radius 3 is 2.27 bits per heavy atom. The van der Waals surface area contributed by atoms with Crippen LogP contribution in [-0.2, 0) is 34.4 Å². The van der Waals surface area contributed by atoms with Crippen LogP contribution >= 0.6 is 7.60 Å². The third-order valence-corrected chi connectivity index (χ3v) is 9.61. The highest BCUT2D eigenvalue weighted by Gasteiger charge is 2.42. The Balaban J connectivity index is 2.19. The van der Waals surface area contributed by atoms with Gasteiger partial charge in [0, 0.05) is 19.5 Å². The molecule has 1 saturated carbocycles. The van der Waals surface area contributed by atoms with Gasteiger partial charge in [-0.1, -0.05) is 62.4 Å². The number of nitrogens with two attached hydrogens (primary N) is 1. The molecule has 1 unspecified atom stereocenters. The minimum absolute atomic E-state index is 0.00608. The van der Waals surface area contributed by atoms with Crippen LogP contribution < -0.4 is 11.1 Å². The summed E-state index contributed by atoms with van der Waals surface area (Å²) in [6.07, 6.45) is 3.63. The molecule has 41 heavy (non-hydrogen) atoms. The van der Waals surface area contributed by atoms with Gasteiger partial charge in [0.1, 0.15) is 0 Å². The van der Waals surface area contributed by atoms with Gasteiger partial charge in [0.05, 0.1) is 19.3 Å². The summed E-state index contributed by atoms with van der Waals surface area (Å²) < 4.78 is 29.3. The summed E-state index contributed by atoms with van der Waals surface area (Å²) in [4.78, 5) is 39.9. The van der Waals surface area contributed by atoms with Crippen LogP contribution in [0.2, 0.25) is 0 Å². The van der Waals surface area contributed by atoms with Gasteiger partial charge in [0.25, 0.3) is 5.91 Å². The lowest BCUT2D eigenvalue weighted by Crippen LogP contribution is -2.49. The molecule has 0 spiro atoms. The maximum Gasteiger partial charge on any atom is 0.405 e. The van der Waals surface area contributed by atoms with Crippen molar-refractivity contribution in [3.63, 3.8) is 0 Å². The molecule has 3 atom stereocenters. The van der Waals surface area contributed by atoms with Gasteiger partial charge in [0.2, 0.25) is 5.91 Å². The van der Waals surface area contributed by atoms with Crippen LogP contribution in [0.3, 0.4) is 0 Å². The molecule has 1 aliphatic carbocycles. The fraction of sp³-hybridized carbons (Fsp3) is 0.690. The third kappa shape index (κ3) is 11.7. The van der Waals surface area contributed by atoms with Gasteiger partial charge in [-0.05, 0) is 51.5 Å². The highest BCUT2D eigenvalue weighted by Crippen LogP contribution is 2.53. The van der Waals surface area contributed by atoms with Crippen LogP contribution in [0.5, 0.6) is 0 Å². The molecule has 1 aliphatic rings. The highest BCUT2D eigenvalue weighted by molar-refractivity contribution is 7.54. The summed E-state index contributed by atoms with van der Waals surface area (Å²) in [7, 11) is -4.08. The number of likely N-dealkylation sites (N-methyl/N-ethyl adjacent to an activating group) is 1. The Kier molecular flexibility index (Phi) is 15.4. The van der Waals surface area contributed by atoms with Gasteiger partial charge < -0.3 is 34.8 Å². The van der Waals surface area contributed by atoms with Crippen molar-refractivity contribution >= 4 is 25.5 Å². The molecule has 232 valence electrons. The van der Waals surface area contributed by atoms with Gasteiger partial charge >= 0.3 is 13.7 Å². The zero-order valence-corrected chi connectivity index (χ0v) is 25.6. The van der Waals surface area contributed by atoms with Crippen LogP contribution in [0, 0.1) is 5.92 Å². The first kappa shape index (κ1) is 34.7. The van der Waals surface area contributed by atoms with Crippen LogP contribution in [-0.4, -0.2) is 72.2 Å². The maximum absolute atomic E-state index is 13.4. The summed E-state index contributed by atoms with van der Waals surface area (Å²) in [5, 5.41) is 13.9. The molecule has 0 radical (unpaired) electrons. The number of hydrogen-bond acceptors (Lipinski definition) is 8. The van der Waals surface area contributed by atoms with E-state index in [4.69, 9.17) is 19.5 Å². The Hall–Kier alpha value is -2.46. The molecule has 2 rings (SSSR count). The van der Waals surface area contributed by atoms with Crippen molar-refractivity contribution in [3.8, 4) is 0 Å². The average Bonchev–Trinajstić information content (AvgIpc) is 2.95. The van der Waals surface area contributed by atoms with Gasteiger partial charge in [-0.3, -0.25) is 14.2 Å². The van der Waals surface area contributed by atoms with E-state index in [9.17, 15) is 24.1 Å². The number of carbonyl (C=O) groups is 3.